The van der Waals surface area contributed by atoms with E-state index in [1.807, 2.05) is 190 Å². The SMILES string of the molecule is CC(C)(c1c(-c2cccc(C(F)(F)F)c2)c(-n2c3ccccc3c3c4oc5ccccc5c4ccc32)cc(-n2c3ccccc3c3c4oc5ccccc5c4ccc32)c1-c1cccc(C(F)(F)F)c1)n1c2ccccc2c2ccccc21. The minimum absolute atomic E-state index is 0.204. The number of rotatable bonds is 6. The van der Waals surface area contributed by atoms with E-state index in [2.05, 4.69) is 13.7 Å². The summed E-state index contributed by atoms with van der Waals surface area (Å²) in [6.07, 6.45) is -9.54. The van der Waals surface area contributed by atoms with Crippen molar-refractivity contribution >= 4 is 109 Å². The van der Waals surface area contributed by atoms with Gasteiger partial charge in [-0.1, -0.05) is 133 Å². The molecule has 0 N–H and O–H groups in total. The molecule has 0 spiro atoms. The van der Waals surface area contributed by atoms with Crippen LogP contribution in [0.5, 0.6) is 0 Å². The number of aromatic nitrogens is 3. The van der Waals surface area contributed by atoms with Crippen LogP contribution in [0.1, 0.15) is 30.5 Å². The molecule has 11 aromatic carbocycles. The minimum atomic E-state index is -4.77. The van der Waals surface area contributed by atoms with Crippen molar-refractivity contribution in [2.24, 2.45) is 0 Å². The van der Waals surface area contributed by atoms with Crippen molar-refractivity contribution < 1.29 is 35.2 Å². The molecule has 82 heavy (non-hydrogen) atoms. The largest absolute Gasteiger partial charge is 0.455 e. The van der Waals surface area contributed by atoms with Gasteiger partial charge in [-0.2, -0.15) is 26.3 Å². The fourth-order valence-corrected chi connectivity index (χ4v) is 13.5. The van der Waals surface area contributed by atoms with Crippen molar-refractivity contribution in [2.45, 2.75) is 31.7 Å². The Morgan fingerprint density at radius 2 is 0.707 bits per heavy atom. The zero-order valence-corrected chi connectivity index (χ0v) is 43.8. The highest BCUT2D eigenvalue weighted by molar-refractivity contribution is 6.26. The summed E-state index contributed by atoms with van der Waals surface area (Å²) in [5.41, 5.74) is 6.64. The van der Waals surface area contributed by atoms with Gasteiger partial charge in [0, 0.05) is 65.3 Å². The Kier molecular flexibility index (Phi) is 9.95. The van der Waals surface area contributed by atoms with Gasteiger partial charge in [-0.25, -0.2) is 0 Å². The number of hydrogen-bond acceptors (Lipinski definition) is 2. The lowest BCUT2D eigenvalue weighted by atomic mass is 9.78. The van der Waals surface area contributed by atoms with E-state index in [1.54, 1.807) is 12.1 Å². The quantitative estimate of drug-likeness (QED) is 0.156. The van der Waals surface area contributed by atoms with E-state index in [0.29, 0.717) is 61.4 Å². The number of hydrogen-bond donors (Lipinski definition) is 0. The second-order valence-electron chi connectivity index (χ2n) is 21.7. The predicted octanol–water partition coefficient (Wildman–Crippen LogP) is 20.9. The second-order valence-corrected chi connectivity index (χ2v) is 21.7. The fourth-order valence-electron chi connectivity index (χ4n) is 13.5. The molecule has 0 radical (unpaired) electrons. The van der Waals surface area contributed by atoms with Crippen molar-refractivity contribution in [3.05, 3.63) is 241 Å². The van der Waals surface area contributed by atoms with Crippen LogP contribution in [-0.4, -0.2) is 13.7 Å². The van der Waals surface area contributed by atoms with Crippen molar-refractivity contribution in [3.8, 4) is 33.6 Å². The fraction of sp³-hybridized carbons (Fsp3) is 0.0704. The van der Waals surface area contributed by atoms with Crippen LogP contribution in [-0.2, 0) is 17.9 Å². The smallest absolute Gasteiger partial charge is 0.416 e. The molecule has 396 valence electrons. The van der Waals surface area contributed by atoms with E-state index in [0.717, 1.165) is 88.1 Å². The van der Waals surface area contributed by atoms with Gasteiger partial charge in [0.15, 0.2) is 0 Å². The van der Waals surface area contributed by atoms with Gasteiger partial charge < -0.3 is 22.5 Å². The van der Waals surface area contributed by atoms with E-state index < -0.39 is 29.0 Å². The van der Waals surface area contributed by atoms with Crippen LogP contribution in [0.2, 0.25) is 0 Å². The third-order valence-electron chi connectivity index (χ3n) is 16.8. The number of furan rings is 2. The molecule has 0 aliphatic rings. The molecular formula is C71H43F6N3O2. The van der Waals surface area contributed by atoms with Gasteiger partial charge in [-0.15, -0.1) is 0 Å². The summed E-state index contributed by atoms with van der Waals surface area (Å²) in [6.45, 7) is 4.05. The molecule has 0 saturated carbocycles. The van der Waals surface area contributed by atoms with Gasteiger partial charge in [0.05, 0.1) is 60.9 Å². The molecule has 16 aromatic rings. The summed E-state index contributed by atoms with van der Waals surface area (Å²) in [5.74, 6) is 0. The molecule has 5 aromatic heterocycles. The molecule has 0 aliphatic heterocycles. The molecule has 0 unspecified atom stereocenters. The first-order valence-corrected chi connectivity index (χ1v) is 27.0. The molecule has 16 rings (SSSR count). The van der Waals surface area contributed by atoms with Gasteiger partial charge >= 0.3 is 12.4 Å². The van der Waals surface area contributed by atoms with Crippen LogP contribution >= 0.6 is 0 Å². The van der Waals surface area contributed by atoms with E-state index in [9.17, 15) is 0 Å². The summed E-state index contributed by atoms with van der Waals surface area (Å²) in [4.78, 5) is 0. The summed E-state index contributed by atoms with van der Waals surface area (Å²) >= 11 is 0. The lowest BCUT2D eigenvalue weighted by Crippen LogP contribution is -2.30. The summed E-state index contributed by atoms with van der Waals surface area (Å²) < 4.78 is 113. The number of para-hydroxylation sites is 6. The Balaban J connectivity index is 1.19. The Morgan fingerprint density at radius 3 is 1.13 bits per heavy atom. The topological polar surface area (TPSA) is 41.1 Å². The molecule has 5 heterocycles. The molecule has 0 fully saturated rings. The van der Waals surface area contributed by atoms with Crippen LogP contribution in [0.4, 0.5) is 26.3 Å². The van der Waals surface area contributed by atoms with Crippen LogP contribution in [0.25, 0.3) is 143 Å². The predicted molar refractivity (Wildman–Crippen MR) is 318 cm³/mol. The van der Waals surface area contributed by atoms with E-state index in [4.69, 9.17) is 8.83 Å². The van der Waals surface area contributed by atoms with Gasteiger partial charge in [0.2, 0.25) is 0 Å². The van der Waals surface area contributed by atoms with Gasteiger partial charge in [-0.05, 0) is 122 Å². The molecular weight excluding hydrogens is 1040 g/mol. The Hall–Kier alpha value is -10.0. The summed E-state index contributed by atoms with van der Waals surface area (Å²) in [5, 5.41) is 8.71. The van der Waals surface area contributed by atoms with E-state index >= 15 is 26.3 Å². The first-order chi connectivity index (χ1) is 39.7. The maximum Gasteiger partial charge on any atom is 0.416 e. The number of fused-ring (bicyclic) bond motifs is 17. The average molecular weight is 1080 g/mol. The normalized spacial score (nSPS) is 12.9. The first kappa shape index (κ1) is 48.0. The lowest BCUT2D eigenvalue weighted by Gasteiger charge is -2.37. The number of benzene rings is 11. The Bertz CT molecular complexity index is 5050. The summed E-state index contributed by atoms with van der Waals surface area (Å²) in [7, 11) is 0. The van der Waals surface area contributed by atoms with Gasteiger partial charge in [0.25, 0.3) is 0 Å². The molecule has 5 nitrogen and oxygen atoms in total. The Morgan fingerprint density at radius 1 is 0.329 bits per heavy atom. The zero-order valence-electron chi connectivity index (χ0n) is 43.8. The maximum absolute atomic E-state index is 15.5. The third kappa shape index (κ3) is 6.76. The van der Waals surface area contributed by atoms with Gasteiger partial charge in [-0.3, -0.25) is 0 Å². The highest BCUT2D eigenvalue weighted by atomic mass is 19.4. The van der Waals surface area contributed by atoms with Crippen LogP contribution < -0.4 is 0 Å². The van der Waals surface area contributed by atoms with Crippen LogP contribution in [0, 0.1) is 0 Å². The number of halogens is 6. The molecule has 0 amide bonds. The van der Waals surface area contributed by atoms with Gasteiger partial charge in [0.1, 0.15) is 22.3 Å². The highest BCUT2D eigenvalue weighted by Crippen LogP contribution is 2.54. The molecule has 0 saturated heterocycles. The summed E-state index contributed by atoms with van der Waals surface area (Å²) in [6, 6.07) is 68.2. The molecule has 0 atom stereocenters. The van der Waals surface area contributed by atoms with E-state index in [-0.39, 0.29) is 11.1 Å². The monoisotopic (exact) mass is 1080 g/mol. The Labute approximate surface area is 462 Å². The highest BCUT2D eigenvalue weighted by Gasteiger charge is 2.40. The molecule has 0 bridgehead atoms. The lowest BCUT2D eigenvalue weighted by molar-refractivity contribution is -0.138. The van der Waals surface area contributed by atoms with Crippen molar-refractivity contribution in [2.75, 3.05) is 0 Å². The maximum atomic E-state index is 15.5. The van der Waals surface area contributed by atoms with E-state index in [1.165, 1.54) is 24.3 Å². The third-order valence-corrected chi connectivity index (χ3v) is 16.8. The number of nitrogens with zero attached hydrogens (tertiary/aromatic N) is 3. The standard InChI is InChI=1S/C71H43F6N3O2/c1-69(2,80-54-29-11-3-21-44(54)45-22-4-12-30-55(45)80)66-62(40-17-15-19-42(37-40)70(72,73)74)58(78-52-27-9-5-25-50(52)64-56(78)35-33-48-46-23-7-13-31-60(46)81-67(48)64)39-59(63(66)41-18-16-20-43(38-41)71(75,76)77)79-53-28-10-6-26-51(53)65-57(79)36-34-49-47-24-8-14-32-61(47)82-68(49)65/h3-39H,1-2H3. The van der Waals surface area contributed by atoms with Crippen LogP contribution in [0.3, 0.4) is 0 Å². The van der Waals surface area contributed by atoms with Crippen molar-refractivity contribution in [1.29, 1.82) is 0 Å². The zero-order chi connectivity index (χ0) is 55.6. The van der Waals surface area contributed by atoms with Crippen molar-refractivity contribution in [1.82, 2.24) is 13.7 Å². The van der Waals surface area contributed by atoms with Crippen molar-refractivity contribution in [3.63, 3.8) is 0 Å². The van der Waals surface area contributed by atoms with Crippen LogP contribution in [0.15, 0.2) is 233 Å². The number of alkyl halides is 6. The molecule has 0 aliphatic carbocycles. The average Bonchev–Trinajstić information content (AvgIpc) is 4.00. The second kappa shape index (κ2) is 17.0. The molecule has 11 heteroatoms. The minimum Gasteiger partial charge on any atom is -0.455 e. The first-order valence-electron chi connectivity index (χ1n) is 27.0.